The smallest absolute Gasteiger partial charge is 0.359 e. The van der Waals surface area contributed by atoms with E-state index in [0.717, 1.165) is 11.3 Å². The van der Waals surface area contributed by atoms with E-state index in [0.29, 0.717) is 18.3 Å². The van der Waals surface area contributed by atoms with Crippen LogP contribution in [0.25, 0.3) is 11.3 Å². The second kappa shape index (κ2) is 9.28. The molecule has 1 heterocycles. The van der Waals surface area contributed by atoms with Crippen molar-refractivity contribution in [2.45, 2.75) is 20.8 Å². The van der Waals surface area contributed by atoms with Crippen LogP contribution in [0.2, 0.25) is 0 Å². The van der Waals surface area contributed by atoms with Crippen LogP contribution in [-0.4, -0.2) is 28.7 Å². The Morgan fingerprint density at radius 2 is 2.00 bits per heavy atom. The van der Waals surface area contributed by atoms with Crippen molar-refractivity contribution in [2.24, 2.45) is 0 Å². The van der Waals surface area contributed by atoms with Crippen LogP contribution < -0.4 is 4.74 Å². The molecule has 1 aromatic heterocycles. The minimum Gasteiger partial charge on any atom is -0.465 e. The van der Waals surface area contributed by atoms with Gasteiger partial charge in [-0.1, -0.05) is 30.2 Å². The van der Waals surface area contributed by atoms with E-state index in [1.54, 1.807) is 23.6 Å². The van der Waals surface area contributed by atoms with E-state index in [9.17, 15) is 4.79 Å². The van der Waals surface area contributed by atoms with Crippen LogP contribution in [0, 0.1) is 12.3 Å². The Bertz CT molecular complexity index is 855. The van der Waals surface area contributed by atoms with Crippen LogP contribution in [0.15, 0.2) is 48.6 Å². The van der Waals surface area contributed by atoms with Gasteiger partial charge in [0, 0.05) is 0 Å². The number of carbonyl (C=O) groups is 1. The van der Waals surface area contributed by atoms with Gasteiger partial charge in [0.25, 0.3) is 0 Å². The first-order valence-corrected chi connectivity index (χ1v) is 8.45. The number of carbonyl (C=O) groups excluding carboxylic acids is 1. The minimum atomic E-state index is -0.508. The van der Waals surface area contributed by atoms with Gasteiger partial charge >= 0.3 is 12.0 Å². The van der Waals surface area contributed by atoms with Crippen molar-refractivity contribution in [2.75, 3.05) is 13.2 Å². The van der Waals surface area contributed by atoms with Crippen LogP contribution >= 0.6 is 0 Å². The van der Waals surface area contributed by atoms with Crippen molar-refractivity contribution < 1.29 is 14.3 Å². The number of terminal acetylenes is 1. The van der Waals surface area contributed by atoms with Crippen molar-refractivity contribution in [3.8, 4) is 24.0 Å². The SMILES string of the molecule is C#C/C=C\C(=C/C)c1c(C(=O)OCC)nc(OCC)n1-c1ccccc1. The highest BCUT2D eigenvalue weighted by Crippen LogP contribution is 2.30. The number of para-hydroxylation sites is 1. The first-order valence-electron chi connectivity index (χ1n) is 8.45. The zero-order valence-corrected chi connectivity index (χ0v) is 15.2. The fourth-order valence-corrected chi connectivity index (χ4v) is 2.50. The summed E-state index contributed by atoms with van der Waals surface area (Å²) in [6.07, 6.45) is 10.6. The average Bonchev–Trinajstić information content (AvgIpc) is 3.03. The van der Waals surface area contributed by atoms with Gasteiger partial charge in [0.1, 0.15) is 0 Å². The monoisotopic (exact) mass is 350 g/mol. The molecule has 0 amide bonds. The third-order valence-electron chi connectivity index (χ3n) is 3.55. The molecule has 0 N–H and O–H groups in total. The second-order valence-electron chi connectivity index (χ2n) is 5.16. The number of benzene rings is 1. The van der Waals surface area contributed by atoms with E-state index in [4.69, 9.17) is 15.9 Å². The largest absolute Gasteiger partial charge is 0.465 e. The molecule has 134 valence electrons. The van der Waals surface area contributed by atoms with E-state index in [2.05, 4.69) is 10.9 Å². The van der Waals surface area contributed by atoms with E-state index < -0.39 is 5.97 Å². The Labute approximate surface area is 154 Å². The normalized spacial score (nSPS) is 11.4. The maximum atomic E-state index is 12.5. The number of hydrogen-bond donors (Lipinski definition) is 0. The average molecular weight is 350 g/mol. The number of imidazole rings is 1. The molecular formula is C21H22N2O3. The molecule has 0 bridgehead atoms. The fraction of sp³-hybridized carbons (Fsp3) is 0.238. The van der Waals surface area contributed by atoms with Crippen molar-refractivity contribution in [1.82, 2.24) is 9.55 Å². The van der Waals surface area contributed by atoms with Crippen molar-refractivity contribution in [1.29, 1.82) is 0 Å². The highest BCUT2D eigenvalue weighted by molar-refractivity contribution is 5.95. The van der Waals surface area contributed by atoms with Crippen LogP contribution in [0.1, 0.15) is 37.0 Å². The Morgan fingerprint density at radius 3 is 2.58 bits per heavy atom. The Kier molecular flexibility index (Phi) is 6.81. The quantitative estimate of drug-likeness (QED) is 0.430. The molecule has 0 aliphatic rings. The number of hydrogen-bond acceptors (Lipinski definition) is 4. The Balaban J connectivity index is 2.80. The van der Waals surface area contributed by atoms with Gasteiger partial charge in [-0.3, -0.25) is 4.57 Å². The minimum absolute atomic E-state index is 0.189. The zero-order valence-electron chi connectivity index (χ0n) is 15.2. The molecule has 0 unspecified atom stereocenters. The summed E-state index contributed by atoms with van der Waals surface area (Å²) in [7, 11) is 0. The highest BCUT2D eigenvalue weighted by atomic mass is 16.5. The van der Waals surface area contributed by atoms with Gasteiger partial charge in [-0.25, -0.2) is 4.79 Å². The number of ether oxygens (including phenoxy) is 2. The summed E-state index contributed by atoms with van der Waals surface area (Å²) in [4.78, 5) is 16.9. The van der Waals surface area contributed by atoms with Crippen LogP contribution in [0.4, 0.5) is 0 Å². The molecule has 0 saturated heterocycles. The van der Waals surface area contributed by atoms with Crippen molar-refractivity contribution >= 4 is 11.5 Å². The van der Waals surface area contributed by atoms with E-state index >= 15 is 0 Å². The van der Waals surface area contributed by atoms with Crippen LogP contribution in [0.5, 0.6) is 6.01 Å². The first-order chi connectivity index (χ1) is 12.7. The number of rotatable bonds is 7. The van der Waals surface area contributed by atoms with E-state index in [1.165, 1.54) is 0 Å². The Hall–Kier alpha value is -3.26. The molecule has 0 aliphatic heterocycles. The molecule has 2 aromatic rings. The molecule has 1 aromatic carbocycles. The maximum Gasteiger partial charge on any atom is 0.359 e. The predicted molar refractivity (Wildman–Crippen MR) is 102 cm³/mol. The topological polar surface area (TPSA) is 53.4 Å². The Morgan fingerprint density at radius 1 is 1.27 bits per heavy atom. The molecule has 0 atom stereocenters. The van der Waals surface area contributed by atoms with Gasteiger partial charge < -0.3 is 9.47 Å². The fourth-order valence-electron chi connectivity index (χ4n) is 2.50. The lowest BCUT2D eigenvalue weighted by atomic mass is 10.1. The zero-order chi connectivity index (χ0) is 18.9. The molecule has 5 heteroatoms. The summed E-state index contributed by atoms with van der Waals surface area (Å²) < 4.78 is 12.7. The summed E-state index contributed by atoms with van der Waals surface area (Å²) in [5.74, 6) is 1.96. The van der Waals surface area contributed by atoms with Crippen LogP contribution in [-0.2, 0) is 4.74 Å². The standard InChI is InChI=1S/C21H22N2O3/c1-5-9-13-16(6-2)19-18(20(24)25-7-3)22-21(26-8-4)23(19)17-14-11-10-12-15-17/h1,6,9-15H,7-8H2,2-4H3/b13-9-,16-6+. The summed E-state index contributed by atoms with van der Waals surface area (Å²) in [5.41, 5.74) is 2.33. The predicted octanol–water partition coefficient (Wildman–Crippen LogP) is 4.04. The molecule has 0 aliphatic carbocycles. The van der Waals surface area contributed by atoms with E-state index in [-0.39, 0.29) is 12.3 Å². The molecule has 5 nitrogen and oxygen atoms in total. The molecule has 0 saturated carbocycles. The third kappa shape index (κ3) is 4.04. The number of nitrogens with zero attached hydrogens (tertiary/aromatic N) is 2. The van der Waals surface area contributed by atoms with Gasteiger partial charge in [0.15, 0.2) is 5.69 Å². The lowest BCUT2D eigenvalue weighted by Gasteiger charge is -2.13. The molecular weight excluding hydrogens is 328 g/mol. The number of esters is 1. The first kappa shape index (κ1) is 19.1. The van der Waals surface area contributed by atoms with Crippen molar-refractivity contribution in [3.63, 3.8) is 0 Å². The highest BCUT2D eigenvalue weighted by Gasteiger charge is 2.26. The van der Waals surface area contributed by atoms with Gasteiger partial charge in [-0.15, -0.1) is 6.42 Å². The van der Waals surface area contributed by atoms with Gasteiger partial charge in [0.05, 0.1) is 24.6 Å². The van der Waals surface area contributed by atoms with Gasteiger partial charge in [-0.2, -0.15) is 4.98 Å². The summed E-state index contributed by atoms with van der Waals surface area (Å²) in [6, 6.07) is 9.89. The van der Waals surface area contributed by atoms with Crippen molar-refractivity contribution in [3.05, 3.63) is 59.9 Å². The summed E-state index contributed by atoms with van der Waals surface area (Å²) in [6.45, 7) is 6.16. The molecule has 0 fully saturated rings. The summed E-state index contributed by atoms with van der Waals surface area (Å²) in [5, 5.41) is 0. The third-order valence-corrected chi connectivity index (χ3v) is 3.55. The lowest BCUT2D eigenvalue weighted by molar-refractivity contribution is 0.0519. The maximum absolute atomic E-state index is 12.5. The van der Waals surface area contributed by atoms with Crippen LogP contribution in [0.3, 0.4) is 0 Å². The summed E-state index contributed by atoms with van der Waals surface area (Å²) >= 11 is 0. The molecule has 0 spiro atoms. The number of aromatic nitrogens is 2. The van der Waals surface area contributed by atoms with Gasteiger partial charge in [-0.05, 0) is 50.6 Å². The molecule has 26 heavy (non-hydrogen) atoms. The van der Waals surface area contributed by atoms with Gasteiger partial charge in [0.2, 0.25) is 0 Å². The molecule has 0 radical (unpaired) electrons. The number of allylic oxidation sites excluding steroid dienone is 4. The molecule has 2 rings (SSSR count). The van der Waals surface area contributed by atoms with E-state index in [1.807, 2.05) is 50.3 Å². The lowest BCUT2D eigenvalue weighted by Crippen LogP contribution is -2.09. The second-order valence-corrected chi connectivity index (χ2v) is 5.16.